The minimum absolute atomic E-state index is 0.192. The van der Waals surface area contributed by atoms with E-state index >= 15 is 0 Å². The number of nitrogens with one attached hydrogen (secondary N) is 5. The van der Waals surface area contributed by atoms with E-state index in [2.05, 4.69) is 164 Å². The summed E-state index contributed by atoms with van der Waals surface area (Å²) in [5.41, 5.74) is 26.4. The molecule has 14 rings (SSSR count). The largest absolute Gasteiger partial charge is 0.508 e. The van der Waals surface area contributed by atoms with Gasteiger partial charge in [0.2, 0.25) is 24.5 Å². The van der Waals surface area contributed by atoms with Crippen LogP contribution in [0.2, 0.25) is 0 Å². The predicted molar refractivity (Wildman–Crippen MR) is 440 cm³/mol. The number of imidazole rings is 3. The number of aromatic amines is 2. The van der Waals surface area contributed by atoms with Crippen molar-refractivity contribution in [3.05, 3.63) is 297 Å². The molecular formula is C87H90N20O9. The Morgan fingerprint density at radius 1 is 0.491 bits per heavy atom. The Labute approximate surface area is 668 Å². The Morgan fingerprint density at radius 2 is 0.871 bits per heavy atom. The maximum absolute atomic E-state index is 11.3. The number of hydrogen-bond acceptors (Lipinski definition) is 21. The number of hydrazone groups is 1. The van der Waals surface area contributed by atoms with Crippen molar-refractivity contribution in [2.24, 2.45) is 16.7 Å². The number of aromatic hydroxyl groups is 3. The summed E-state index contributed by atoms with van der Waals surface area (Å²) in [6.45, 7) is 18.3. The van der Waals surface area contributed by atoms with Crippen LogP contribution in [0.25, 0.3) is 56.2 Å². The summed E-state index contributed by atoms with van der Waals surface area (Å²) in [6, 6.07) is 64.8. The number of nitrogens with zero attached hydrogens (tertiary/aromatic N) is 13. The maximum atomic E-state index is 11.3. The van der Waals surface area contributed by atoms with Crippen molar-refractivity contribution in [1.82, 2.24) is 75.4 Å². The number of aromatic nitrogens is 14. The van der Waals surface area contributed by atoms with Crippen molar-refractivity contribution in [2.45, 2.75) is 118 Å². The summed E-state index contributed by atoms with van der Waals surface area (Å²) in [6.07, 6.45) is 5.57. The van der Waals surface area contributed by atoms with Gasteiger partial charge in [-0.05, 0) is 204 Å². The van der Waals surface area contributed by atoms with E-state index in [-0.39, 0.29) is 29.3 Å². The number of anilines is 2. The third-order valence-corrected chi connectivity index (χ3v) is 19.2. The van der Waals surface area contributed by atoms with Crippen LogP contribution in [0.1, 0.15) is 138 Å². The van der Waals surface area contributed by atoms with E-state index in [4.69, 9.17) is 21.2 Å². The third kappa shape index (κ3) is 20.8. The molecule has 0 fully saturated rings. The van der Waals surface area contributed by atoms with Crippen molar-refractivity contribution in [3.8, 4) is 73.4 Å². The zero-order valence-electron chi connectivity index (χ0n) is 65.4. The number of carbonyl (C=O) groups excluding carboxylic acids is 4. The molecule has 9 aromatic carbocycles. The molecule has 14 aromatic rings. The molecule has 5 heterocycles. The number of phenols is 3. The van der Waals surface area contributed by atoms with Crippen LogP contribution in [-0.2, 0) is 69.3 Å². The van der Waals surface area contributed by atoms with E-state index < -0.39 is 11.2 Å². The average molecular weight is 1560 g/mol. The van der Waals surface area contributed by atoms with E-state index in [1.807, 2.05) is 132 Å². The van der Waals surface area contributed by atoms with Crippen LogP contribution < -0.4 is 27.7 Å². The van der Waals surface area contributed by atoms with Gasteiger partial charge in [0.05, 0.1) is 24.5 Å². The van der Waals surface area contributed by atoms with Crippen LogP contribution in [0.4, 0.5) is 11.6 Å². The Bertz CT molecular complexity index is 5710. The number of aliphatic hydroxyl groups is 2. The molecule has 5 aromatic heterocycles. The van der Waals surface area contributed by atoms with Crippen LogP contribution in [0.5, 0.6) is 17.2 Å². The van der Waals surface area contributed by atoms with Crippen molar-refractivity contribution in [2.75, 3.05) is 10.6 Å². The quantitative estimate of drug-likeness (QED) is 0.00787. The topological polar surface area (TPSA) is 432 Å². The first-order valence-electron chi connectivity index (χ1n) is 37.0. The number of hydrazine groups is 1. The summed E-state index contributed by atoms with van der Waals surface area (Å²) in [5.74, 6) is 11.2. The van der Waals surface area contributed by atoms with Crippen LogP contribution in [0, 0.1) is 20.8 Å². The number of aryl methyl sites for hydroxylation is 3. The highest BCUT2D eigenvalue weighted by Gasteiger charge is 2.28. The monoisotopic (exact) mass is 1560 g/mol. The number of phenolic OH excluding ortho intramolecular Hbond substituents is 3. The molecule has 0 spiro atoms. The van der Waals surface area contributed by atoms with Gasteiger partial charge in [-0.2, -0.15) is 20.0 Å². The summed E-state index contributed by atoms with van der Waals surface area (Å²) in [4.78, 5) is 52.5. The number of carbonyl (C=O) groups is 2. The maximum Gasteiger partial charge on any atom is 0.373 e. The molecule has 0 aliphatic carbocycles. The van der Waals surface area contributed by atoms with E-state index in [1.165, 1.54) is 0 Å². The number of rotatable bonds is 26. The number of benzene rings is 9. The van der Waals surface area contributed by atoms with Crippen molar-refractivity contribution < 1.29 is 44.7 Å². The van der Waals surface area contributed by atoms with Crippen LogP contribution >= 0.6 is 0 Å². The molecule has 0 aliphatic rings. The van der Waals surface area contributed by atoms with Gasteiger partial charge >= 0.3 is 6.15 Å². The van der Waals surface area contributed by atoms with Gasteiger partial charge in [-0.1, -0.05) is 178 Å². The Hall–Kier alpha value is -14.4. The summed E-state index contributed by atoms with van der Waals surface area (Å²) in [5, 5.41) is 88.4. The summed E-state index contributed by atoms with van der Waals surface area (Å²) >= 11 is 0. The molecule has 29 nitrogen and oxygen atoms in total. The molecule has 0 aliphatic heterocycles. The lowest BCUT2D eigenvalue weighted by molar-refractivity contribution is -0.191. The molecule has 0 bridgehead atoms. The molecule has 0 saturated heterocycles. The Morgan fingerprint density at radius 3 is 1.26 bits per heavy atom. The third-order valence-electron chi connectivity index (χ3n) is 19.2. The molecule has 592 valence electrons. The average Bonchev–Trinajstić information content (AvgIpc) is 1.72. The smallest absolute Gasteiger partial charge is 0.373 e. The van der Waals surface area contributed by atoms with Crippen molar-refractivity contribution in [3.63, 3.8) is 0 Å². The lowest BCUT2D eigenvalue weighted by Crippen LogP contribution is -2.23. The molecule has 0 atom stereocenters. The van der Waals surface area contributed by atoms with Gasteiger partial charge in [0.25, 0.3) is 0 Å². The minimum atomic E-state index is -1.21. The molecular weight excluding hydrogens is 1470 g/mol. The zero-order valence-corrected chi connectivity index (χ0v) is 65.4. The number of H-pyrrole nitrogens is 2. The normalized spacial score (nSPS) is 11.3. The van der Waals surface area contributed by atoms with Crippen LogP contribution in [0.15, 0.2) is 211 Å². The van der Waals surface area contributed by atoms with Crippen LogP contribution in [-0.4, -0.2) is 120 Å². The SMILES string of the molecule is Cc1nc(C(C)(C)O)c(NC=O)n1Cc1ccc(-c2cc(Cc3ccc(O)cc3)ccc2-c2nn[nH]n2)cc1.Cc1nc(C(C)(C)O)cn1Cc1ccc(-c2cc(Cc3ccc(O)cc3)ccc2C(N)=NNN)cc1.Cc1nc(C(C)C)c(NC=O)n1Cc1ccc(-c2cc(Cc3ccc(O)cc3)ccc2-c2nn[nH]n2)cc1.O=C=O. The standard InChI is InChI=1S/C29H29N7O3.C29H29N7O2.C28H32N6O2.CO2/c1-18-31-26(29(2,3)39)28(30-17-37)36(18)16-20-4-9-22(10-5-20)25-15-21(14-19-6-11-23(38)12-7-19)8-13-24(25)27-32-34-35-33-27;1-18(2)27-29(30-17-37)36(19(3)31-27)16-21-4-9-23(10-5-21)26-15-22(14-20-6-11-24(38)12-7-20)8-13-25(26)28-32-34-35-33-28;1-18-31-26(28(2,3)36)17-34(18)16-20-4-9-22(10-5-20)25-15-21(8-13-24(25)27(29)32-33-30)14-19-6-11-23(35)12-7-19;2-1-3/h4-13,15,17,38-39H,14,16H2,1-3H3,(H,30,37)(H,32,33,34,35);4-13,15,17-18,38H,14,16H2,1-3H3,(H,30,37)(H,32,33,34,35);4-13,15,17,33,35-36H,14,16,30H2,1-3H3,(H2,29,32);. The Kier molecular flexibility index (Phi) is 26.6. The number of amides is 2. The van der Waals surface area contributed by atoms with Gasteiger partial charge < -0.3 is 55.6 Å². The summed E-state index contributed by atoms with van der Waals surface area (Å²) < 4.78 is 5.94. The minimum Gasteiger partial charge on any atom is -0.508 e. The van der Waals surface area contributed by atoms with Gasteiger partial charge in [-0.25, -0.2) is 26.3 Å². The predicted octanol–water partition coefficient (Wildman–Crippen LogP) is 12.2. The first-order valence-corrected chi connectivity index (χ1v) is 37.0. The molecule has 116 heavy (non-hydrogen) atoms. The van der Waals surface area contributed by atoms with Gasteiger partial charge in [-0.3, -0.25) is 9.59 Å². The number of amidine groups is 1. The van der Waals surface area contributed by atoms with Gasteiger partial charge in [-0.15, -0.1) is 25.5 Å². The molecule has 0 unspecified atom stereocenters. The fourth-order valence-electron chi connectivity index (χ4n) is 13.3. The van der Waals surface area contributed by atoms with Crippen molar-refractivity contribution in [1.29, 1.82) is 0 Å². The fraction of sp³-hybridized carbons (Fsp3) is 0.207. The number of hydrogen-bond donors (Lipinski definition) is 12. The van der Waals surface area contributed by atoms with Gasteiger partial charge in [0, 0.05) is 29.4 Å². The van der Waals surface area contributed by atoms with E-state index in [0.717, 1.165) is 130 Å². The molecule has 2 amide bonds. The highest BCUT2D eigenvalue weighted by Crippen LogP contribution is 2.37. The second kappa shape index (κ2) is 37.3. The van der Waals surface area contributed by atoms with Gasteiger partial charge in [0.1, 0.15) is 63.3 Å². The molecule has 0 saturated carbocycles. The lowest BCUT2D eigenvalue weighted by atomic mass is 9.93. The molecule has 0 radical (unpaired) electrons. The molecule has 14 N–H and O–H groups in total. The highest BCUT2D eigenvalue weighted by atomic mass is 16.3. The first-order chi connectivity index (χ1) is 55.7. The number of tetrazole rings is 2. The lowest BCUT2D eigenvalue weighted by Gasteiger charge is -2.17. The van der Waals surface area contributed by atoms with E-state index in [0.29, 0.717) is 85.8 Å². The fourth-order valence-corrected chi connectivity index (χ4v) is 13.3. The van der Waals surface area contributed by atoms with E-state index in [9.17, 15) is 35.1 Å². The Balaban J connectivity index is 0.000000168. The second-order valence-corrected chi connectivity index (χ2v) is 29.0. The van der Waals surface area contributed by atoms with Crippen molar-refractivity contribution >= 4 is 36.4 Å². The number of nitrogens with two attached hydrogens (primary N) is 2. The van der Waals surface area contributed by atoms with Crippen LogP contribution in [0.3, 0.4) is 0 Å². The second-order valence-electron chi connectivity index (χ2n) is 29.0. The summed E-state index contributed by atoms with van der Waals surface area (Å²) in [7, 11) is 0. The highest BCUT2D eigenvalue weighted by molar-refractivity contribution is 6.03. The van der Waals surface area contributed by atoms with E-state index in [1.54, 1.807) is 64.1 Å². The zero-order chi connectivity index (χ0) is 82.8. The first kappa shape index (κ1) is 82.6. The molecule has 29 heteroatoms. The van der Waals surface area contributed by atoms with Gasteiger partial charge in [0.15, 0.2) is 5.84 Å².